The van der Waals surface area contributed by atoms with Gasteiger partial charge in [-0.3, -0.25) is 5.14 Å². The molecule has 1 unspecified atom stereocenters. The second-order valence-corrected chi connectivity index (χ2v) is 10.7. The molecule has 0 radical (unpaired) electrons. The minimum atomic E-state index is -1.43. The maximum Gasteiger partial charge on any atom is 0.183 e. The van der Waals surface area contributed by atoms with Gasteiger partial charge in [0, 0.05) is 13.1 Å². The summed E-state index contributed by atoms with van der Waals surface area (Å²) in [6, 6.07) is 14.6. The highest BCUT2D eigenvalue weighted by molar-refractivity contribution is 7.84. The van der Waals surface area contributed by atoms with Crippen molar-refractivity contribution in [3.05, 3.63) is 64.3 Å². The average molecular weight is 434 g/mol. The third-order valence-electron chi connectivity index (χ3n) is 6.04. The Bertz CT molecular complexity index is 1210. The Morgan fingerprint density at radius 2 is 1.87 bits per heavy atom. The number of rotatable bonds is 5. The molecule has 0 bridgehead atoms. The molecule has 0 saturated heterocycles. The number of nitrogens with zero attached hydrogens (tertiary/aromatic N) is 4. The smallest absolute Gasteiger partial charge is 0.183 e. The first-order valence-corrected chi connectivity index (χ1v) is 11.6. The van der Waals surface area contributed by atoms with Crippen molar-refractivity contribution in [3.63, 3.8) is 0 Å². The highest BCUT2D eigenvalue weighted by Gasteiger charge is 2.29. The van der Waals surface area contributed by atoms with E-state index in [-0.39, 0.29) is 5.92 Å². The van der Waals surface area contributed by atoms with Crippen LogP contribution in [-0.4, -0.2) is 18.9 Å². The van der Waals surface area contributed by atoms with Crippen molar-refractivity contribution in [3.8, 4) is 6.07 Å². The Balaban J connectivity index is 1.81. The lowest BCUT2D eigenvalue weighted by Crippen LogP contribution is -2.33. The van der Waals surface area contributed by atoms with E-state index in [0.29, 0.717) is 36.5 Å². The van der Waals surface area contributed by atoms with Crippen molar-refractivity contribution in [1.82, 2.24) is 9.97 Å². The highest BCUT2D eigenvalue weighted by atomic mass is 32.2. The molecule has 31 heavy (non-hydrogen) atoms. The van der Waals surface area contributed by atoms with Crippen LogP contribution in [0.5, 0.6) is 0 Å². The van der Waals surface area contributed by atoms with Crippen molar-refractivity contribution in [2.24, 2.45) is 5.14 Å². The van der Waals surface area contributed by atoms with Crippen LogP contribution in [0.4, 0.5) is 5.82 Å². The lowest BCUT2D eigenvalue weighted by atomic mass is 9.89. The molecule has 0 amide bonds. The van der Waals surface area contributed by atoms with E-state index in [4.69, 9.17) is 10.1 Å². The van der Waals surface area contributed by atoms with Gasteiger partial charge in [-0.2, -0.15) is 5.26 Å². The van der Waals surface area contributed by atoms with Gasteiger partial charge in [-0.25, -0.2) is 14.2 Å². The lowest BCUT2D eigenvalue weighted by molar-refractivity contribution is 0.542. The first-order valence-electron chi connectivity index (χ1n) is 10.4. The normalized spacial score (nSPS) is 15.5. The molecular formula is C24H27N5OS. The quantitative estimate of drug-likeness (QED) is 0.650. The molecule has 2 N–H and O–H groups in total. The van der Waals surface area contributed by atoms with Crippen LogP contribution in [0.1, 0.15) is 61.1 Å². The van der Waals surface area contributed by atoms with Gasteiger partial charge in [0.05, 0.1) is 26.8 Å². The monoisotopic (exact) mass is 433 g/mol. The fourth-order valence-corrected chi connectivity index (χ4v) is 4.82. The molecule has 2 atom stereocenters. The summed E-state index contributed by atoms with van der Waals surface area (Å²) in [7, 11) is -1.43. The Morgan fingerprint density at radius 3 is 2.45 bits per heavy atom. The Morgan fingerprint density at radius 1 is 1.23 bits per heavy atom. The molecule has 2 heterocycles. The van der Waals surface area contributed by atoms with Crippen molar-refractivity contribution < 1.29 is 4.21 Å². The van der Waals surface area contributed by atoms with Gasteiger partial charge in [0.25, 0.3) is 0 Å². The molecular weight excluding hydrogens is 406 g/mol. The lowest BCUT2D eigenvalue weighted by Gasteiger charge is -2.26. The topological polar surface area (TPSA) is 95.9 Å². The Labute approximate surface area is 185 Å². The SMILES string of the molecule is Cc1cc([C@H](C)CC(C)(C)S(N)=O)c2nc(N3Cc4ccccc4C3)c(C#N)nc2c1. The molecule has 2 aromatic carbocycles. The zero-order valence-corrected chi connectivity index (χ0v) is 19.2. The third kappa shape index (κ3) is 4.06. The van der Waals surface area contributed by atoms with Crippen LogP contribution in [-0.2, 0) is 24.1 Å². The number of nitrogens with two attached hydrogens (primary N) is 1. The van der Waals surface area contributed by atoms with Crippen LogP contribution in [0.2, 0.25) is 0 Å². The zero-order valence-electron chi connectivity index (χ0n) is 18.3. The number of hydrogen-bond donors (Lipinski definition) is 1. The predicted octanol–water partition coefficient (Wildman–Crippen LogP) is 4.22. The molecule has 1 aliphatic rings. The van der Waals surface area contributed by atoms with Gasteiger partial charge < -0.3 is 4.90 Å². The van der Waals surface area contributed by atoms with Gasteiger partial charge in [-0.1, -0.05) is 37.3 Å². The van der Waals surface area contributed by atoms with Crippen LogP contribution in [0.15, 0.2) is 36.4 Å². The van der Waals surface area contributed by atoms with Gasteiger partial charge in [-0.15, -0.1) is 0 Å². The molecule has 0 spiro atoms. The van der Waals surface area contributed by atoms with Crippen LogP contribution in [0.3, 0.4) is 0 Å². The maximum absolute atomic E-state index is 12.0. The van der Waals surface area contributed by atoms with E-state index in [0.717, 1.165) is 16.6 Å². The molecule has 3 aromatic rings. The number of aryl methyl sites for hydroxylation is 1. The van der Waals surface area contributed by atoms with E-state index in [9.17, 15) is 9.47 Å². The fraction of sp³-hybridized carbons (Fsp3) is 0.375. The first kappa shape index (κ1) is 21.4. The Kier molecular flexibility index (Phi) is 5.54. The molecule has 0 aliphatic carbocycles. The zero-order chi connectivity index (χ0) is 22.3. The van der Waals surface area contributed by atoms with Gasteiger partial charge in [0.15, 0.2) is 11.5 Å². The van der Waals surface area contributed by atoms with E-state index in [1.807, 2.05) is 39.0 Å². The number of benzene rings is 2. The van der Waals surface area contributed by atoms with E-state index in [2.05, 4.69) is 41.1 Å². The van der Waals surface area contributed by atoms with Crippen LogP contribution in [0, 0.1) is 18.3 Å². The first-order chi connectivity index (χ1) is 14.7. The number of fused-ring (bicyclic) bond motifs is 2. The van der Waals surface area contributed by atoms with E-state index >= 15 is 0 Å². The van der Waals surface area contributed by atoms with E-state index < -0.39 is 15.7 Å². The number of hydrogen-bond acceptors (Lipinski definition) is 5. The van der Waals surface area contributed by atoms with Gasteiger partial charge >= 0.3 is 0 Å². The fourth-order valence-electron chi connectivity index (χ4n) is 4.41. The predicted molar refractivity (Wildman–Crippen MR) is 125 cm³/mol. The van der Waals surface area contributed by atoms with E-state index in [1.165, 1.54) is 11.1 Å². The maximum atomic E-state index is 12.0. The van der Waals surface area contributed by atoms with Crippen molar-refractivity contribution in [1.29, 1.82) is 5.26 Å². The summed E-state index contributed by atoms with van der Waals surface area (Å²) in [5, 5.41) is 15.5. The summed E-state index contributed by atoms with van der Waals surface area (Å²) < 4.78 is 11.5. The van der Waals surface area contributed by atoms with Crippen molar-refractivity contribution >= 4 is 27.8 Å². The largest absolute Gasteiger partial charge is 0.346 e. The van der Waals surface area contributed by atoms with Crippen LogP contribution >= 0.6 is 0 Å². The summed E-state index contributed by atoms with van der Waals surface area (Å²) in [4.78, 5) is 11.8. The second-order valence-electron chi connectivity index (χ2n) is 9.02. The summed E-state index contributed by atoms with van der Waals surface area (Å²) in [5.41, 5.74) is 6.44. The molecule has 160 valence electrons. The third-order valence-corrected chi connectivity index (χ3v) is 7.30. The molecule has 0 fully saturated rings. The molecule has 1 aliphatic heterocycles. The highest BCUT2D eigenvalue weighted by Crippen LogP contribution is 2.35. The van der Waals surface area contributed by atoms with Crippen LogP contribution in [0.25, 0.3) is 11.0 Å². The molecule has 0 saturated carbocycles. The minimum absolute atomic E-state index is 0.0794. The van der Waals surface area contributed by atoms with Crippen molar-refractivity contribution in [2.45, 2.75) is 57.9 Å². The number of aromatic nitrogens is 2. The summed E-state index contributed by atoms with van der Waals surface area (Å²) in [5.74, 6) is 0.695. The van der Waals surface area contributed by atoms with Gasteiger partial charge in [0.1, 0.15) is 6.07 Å². The second kappa shape index (κ2) is 8.03. The average Bonchev–Trinajstić information content (AvgIpc) is 3.15. The molecule has 6 nitrogen and oxygen atoms in total. The van der Waals surface area contributed by atoms with E-state index in [1.54, 1.807) is 0 Å². The Hall–Kier alpha value is -2.82. The molecule has 1 aromatic heterocycles. The van der Waals surface area contributed by atoms with Crippen LogP contribution < -0.4 is 10.0 Å². The summed E-state index contributed by atoms with van der Waals surface area (Å²) in [6.45, 7) is 9.38. The van der Waals surface area contributed by atoms with Gasteiger partial charge in [0.2, 0.25) is 0 Å². The van der Waals surface area contributed by atoms with Crippen molar-refractivity contribution in [2.75, 3.05) is 4.90 Å². The standard InChI is InChI=1S/C24H27N5OS/c1-15-9-19(16(2)11-24(3,4)31(26)30)22-20(10-15)27-21(12-25)23(28-22)29-13-17-7-5-6-8-18(17)14-29/h5-10,16H,11,13-14,26H2,1-4H3/t16-,31?/m1/s1. The minimum Gasteiger partial charge on any atom is -0.346 e. The number of anilines is 1. The summed E-state index contributed by atoms with van der Waals surface area (Å²) >= 11 is 0. The molecule has 4 rings (SSSR count). The number of nitriles is 1. The van der Waals surface area contributed by atoms with Gasteiger partial charge in [-0.05, 0) is 61.4 Å². The molecule has 7 heteroatoms. The summed E-state index contributed by atoms with van der Waals surface area (Å²) in [6.07, 6.45) is 0.654.